The van der Waals surface area contributed by atoms with Gasteiger partial charge in [-0.1, -0.05) is 0 Å². The lowest BCUT2D eigenvalue weighted by Crippen LogP contribution is -2.61. The molecule has 254 valence electrons. The lowest BCUT2D eigenvalue weighted by atomic mass is 9.68. The number of rotatable bonds is 8. The van der Waals surface area contributed by atoms with Crippen LogP contribution in [0.2, 0.25) is 0 Å². The van der Waals surface area contributed by atoms with E-state index in [0.29, 0.717) is 24.2 Å². The highest BCUT2D eigenvalue weighted by Crippen LogP contribution is 2.49. The minimum atomic E-state index is -0.501. The van der Waals surface area contributed by atoms with Crippen LogP contribution >= 0.6 is 0 Å². The molecule has 1 saturated carbocycles. The summed E-state index contributed by atoms with van der Waals surface area (Å²) in [4.78, 5) is 39.4. The number of carbonyl (C=O) groups excluding carboxylic acids is 2. The molecule has 0 bridgehead atoms. The van der Waals surface area contributed by atoms with Gasteiger partial charge in [-0.15, -0.1) is 10.2 Å². The van der Waals surface area contributed by atoms with Gasteiger partial charge in [0, 0.05) is 56.3 Å². The van der Waals surface area contributed by atoms with Crippen LogP contribution in [0.5, 0.6) is 11.6 Å². The van der Waals surface area contributed by atoms with Gasteiger partial charge in [0.15, 0.2) is 5.82 Å². The molecule has 2 aromatic rings. The van der Waals surface area contributed by atoms with Gasteiger partial charge in [-0.3, -0.25) is 9.59 Å². The molecule has 5 fully saturated rings. The molecule has 4 saturated heterocycles. The Bertz CT molecular complexity index is 1490. The number of benzene rings is 1. The molecule has 1 aromatic carbocycles. The number of halogens is 1. The van der Waals surface area contributed by atoms with E-state index in [9.17, 15) is 14.0 Å². The Balaban J connectivity index is 0.924. The number of likely N-dealkylation sites (tertiary alicyclic amines) is 2. The Morgan fingerprint density at radius 1 is 1.13 bits per heavy atom. The normalized spacial score (nSPS) is 26.8. The number of anilines is 1. The van der Waals surface area contributed by atoms with Crippen molar-refractivity contribution in [2.24, 2.45) is 16.7 Å². The Morgan fingerprint density at radius 3 is 2.51 bits per heavy atom. The highest BCUT2D eigenvalue weighted by Gasteiger charge is 2.59. The summed E-state index contributed by atoms with van der Waals surface area (Å²) >= 11 is 0. The first-order chi connectivity index (χ1) is 22.5. The third kappa shape index (κ3) is 6.07. The van der Waals surface area contributed by atoms with Crippen molar-refractivity contribution >= 4 is 17.6 Å². The van der Waals surface area contributed by atoms with Crippen LogP contribution in [-0.2, 0) is 4.79 Å². The Labute approximate surface area is 277 Å². The molecule has 0 radical (unpaired) electrons. The second kappa shape index (κ2) is 12.3. The zero-order valence-corrected chi connectivity index (χ0v) is 28.3. The van der Waals surface area contributed by atoms with Gasteiger partial charge in [-0.2, -0.15) is 0 Å². The Morgan fingerprint density at radius 2 is 1.85 bits per heavy atom. The van der Waals surface area contributed by atoms with Crippen molar-refractivity contribution in [1.29, 1.82) is 0 Å². The number of piperidine rings is 1. The molecule has 0 atom stereocenters. The maximum Gasteiger partial charge on any atom is 0.282 e. The lowest BCUT2D eigenvalue weighted by Gasteiger charge is -2.54. The molecule has 47 heavy (non-hydrogen) atoms. The van der Waals surface area contributed by atoms with Crippen LogP contribution in [0.4, 0.5) is 10.2 Å². The van der Waals surface area contributed by atoms with E-state index in [4.69, 9.17) is 4.74 Å². The smallest absolute Gasteiger partial charge is 0.282 e. The monoisotopic (exact) mass is 648 g/mol. The van der Waals surface area contributed by atoms with Crippen LogP contribution in [0, 0.1) is 22.6 Å². The molecular formula is C35H49FN8O3. The third-order valence-corrected chi connectivity index (χ3v) is 11.7. The number of nitrogens with one attached hydrogen (secondary N) is 1. The third-order valence-electron chi connectivity index (χ3n) is 11.7. The average molecular weight is 649 g/mol. The van der Waals surface area contributed by atoms with Gasteiger partial charge in [0.25, 0.3) is 11.8 Å². The van der Waals surface area contributed by atoms with E-state index < -0.39 is 5.82 Å². The quantitative estimate of drug-likeness (QED) is 0.456. The van der Waals surface area contributed by atoms with E-state index in [1.807, 2.05) is 20.8 Å². The number of hydrogen-bond donors (Lipinski definition) is 1. The van der Waals surface area contributed by atoms with Crippen molar-refractivity contribution in [2.45, 2.75) is 77.3 Å². The molecule has 3 spiro atoms. The summed E-state index contributed by atoms with van der Waals surface area (Å²) in [6.07, 6.45) is 9.33. The van der Waals surface area contributed by atoms with Gasteiger partial charge < -0.3 is 29.7 Å². The number of amides is 2. The van der Waals surface area contributed by atoms with E-state index >= 15 is 0 Å². The number of hydrogen-bond acceptors (Lipinski definition) is 9. The average Bonchev–Trinajstić information content (AvgIpc) is 3.30. The highest BCUT2D eigenvalue weighted by molar-refractivity contribution is 5.97. The lowest BCUT2D eigenvalue weighted by molar-refractivity contribution is -0.135. The molecule has 4 aliphatic heterocycles. The molecule has 0 unspecified atom stereocenters. The molecule has 12 heteroatoms. The van der Waals surface area contributed by atoms with Gasteiger partial charge in [0.2, 0.25) is 5.91 Å². The summed E-state index contributed by atoms with van der Waals surface area (Å²) < 4.78 is 20.4. The number of ether oxygens (including phenoxy) is 1. The van der Waals surface area contributed by atoms with Crippen molar-refractivity contribution in [2.75, 3.05) is 64.3 Å². The predicted octanol–water partition coefficient (Wildman–Crippen LogP) is 3.96. The highest BCUT2D eigenvalue weighted by atomic mass is 19.1. The standard InChI is InChI=1S/C35H49FN8O3/c1-5-44(24(2)3)31(45)27-16-26(36)6-7-28(27)47-30-29(37-23-38-40-30)43-19-33(20-43)12-14-42(15-13-33)17-25-8-10-35(11-9-25)18-34(32(46)39-35)21-41(4)22-34/h6-7,16,23-25H,5,8-15,17-22H2,1-4H3,(H,39,46). The van der Waals surface area contributed by atoms with Crippen LogP contribution < -0.4 is 15.0 Å². The van der Waals surface area contributed by atoms with E-state index in [2.05, 4.69) is 42.2 Å². The largest absolute Gasteiger partial charge is 0.434 e. The van der Waals surface area contributed by atoms with Gasteiger partial charge in [-0.25, -0.2) is 9.37 Å². The van der Waals surface area contributed by atoms with Crippen LogP contribution in [-0.4, -0.2) is 113 Å². The first-order valence-electron chi connectivity index (χ1n) is 17.5. The van der Waals surface area contributed by atoms with Crippen molar-refractivity contribution in [1.82, 2.24) is 35.2 Å². The van der Waals surface area contributed by atoms with Gasteiger partial charge in [0.1, 0.15) is 17.9 Å². The molecule has 5 aliphatic rings. The number of nitrogens with zero attached hydrogens (tertiary/aromatic N) is 7. The van der Waals surface area contributed by atoms with Crippen LogP contribution in [0.1, 0.15) is 76.1 Å². The second-order valence-corrected chi connectivity index (χ2v) is 15.5. The minimum Gasteiger partial charge on any atom is -0.434 e. The van der Waals surface area contributed by atoms with E-state index in [1.165, 1.54) is 37.4 Å². The Kier molecular flexibility index (Phi) is 8.39. The van der Waals surface area contributed by atoms with Crippen molar-refractivity contribution in [3.8, 4) is 11.6 Å². The molecule has 7 rings (SSSR count). The number of carbonyl (C=O) groups is 2. The van der Waals surface area contributed by atoms with Crippen molar-refractivity contribution < 1.29 is 18.7 Å². The molecule has 1 aromatic heterocycles. The van der Waals surface area contributed by atoms with Crippen molar-refractivity contribution in [3.05, 3.63) is 35.9 Å². The van der Waals surface area contributed by atoms with Crippen LogP contribution in [0.15, 0.2) is 24.5 Å². The second-order valence-electron chi connectivity index (χ2n) is 15.5. The molecule has 1 aliphatic carbocycles. The van der Waals surface area contributed by atoms with Gasteiger partial charge in [0.05, 0.1) is 11.0 Å². The van der Waals surface area contributed by atoms with Crippen LogP contribution in [0.3, 0.4) is 0 Å². The molecule has 1 N–H and O–H groups in total. The molecule has 5 heterocycles. The molecule has 2 amide bonds. The maximum atomic E-state index is 14.3. The fourth-order valence-electron chi connectivity index (χ4n) is 9.21. The fourth-order valence-corrected chi connectivity index (χ4v) is 9.21. The summed E-state index contributed by atoms with van der Waals surface area (Å²) in [5.41, 5.74) is 0.303. The van der Waals surface area contributed by atoms with E-state index in [0.717, 1.165) is 77.9 Å². The summed E-state index contributed by atoms with van der Waals surface area (Å²) in [5, 5.41) is 11.6. The van der Waals surface area contributed by atoms with Gasteiger partial charge in [-0.05, 0) is 110 Å². The van der Waals surface area contributed by atoms with E-state index in [-0.39, 0.29) is 45.5 Å². The topological polar surface area (TPSA) is 107 Å². The minimum absolute atomic E-state index is 0.0341. The fraction of sp³-hybridized carbons (Fsp3) is 0.686. The summed E-state index contributed by atoms with van der Waals surface area (Å²) in [6.45, 7) is 13.1. The van der Waals surface area contributed by atoms with E-state index in [1.54, 1.807) is 4.90 Å². The summed E-state index contributed by atoms with van der Waals surface area (Å²) in [5.74, 6) is 1.25. The maximum absolute atomic E-state index is 14.3. The first kappa shape index (κ1) is 32.2. The zero-order valence-electron chi connectivity index (χ0n) is 28.3. The van der Waals surface area contributed by atoms with Crippen molar-refractivity contribution in [3.63, 3.8) is 0 Å². The molecule has 11 nitrogen and oxygen atoms in total. The summed E-state index contributed by atoms with van der Waals surface area (Å²) in [6, 6.07) is 3.94. The van der Waals surface area contributed by atoms with Crippen LogP contribution in [0.25, 0.3) is 0 Å². The van der Waals surface area contributed by atoms with Gasteiger partial charge >= 0.3 is 0 Å². The predicted molar refractivity (Wildman–Crippen MR) is 176 cm³/mol. The number of aromatic nitrogens is 3. The SMILES string of the molecule is CCN(C(=O)c1cc(F)ccc1Oc1nncnc1N1CC2(CCN(CC3CCC4(CC3)CC3(CN(C)C3)C(=O)N4)CC2)C1)C(C)C. The molecular weight excluding hydrogens is 599 g/mol. The first-order valence-corrected chi connectivity index (χ1v) is 17.5. The zero-order chi connectivity index (χ0) is 33.0. The summed E-state index contributed by atoms with van der Waals surface area (Å²) in [7, 11) is 2.10. The Hall–Kier alpha value is -3.38.